The van der Waals surface area contributed by atoms with Gasteiger partial charge in [0, 0.05) is 16.5 Å². The standard InChI is InChI=1S/C16H19N3O4S/c1-12-4-7-14(8-5-12)18-16(20)13-6-9-15(19(10-13)23-3)24(21,22)11-17-2/h4-10,17H,11H2,1-3H3/p+1. The van der Waals surface area contributed by atoms with Gasteiger partial charge in [-0.1, -0.05) is 17.7 Å². The van der Waals surface area contributed by atoms with Gasteiger partial charge in [-0.2, -0.15) is 0 Å². The summed E-state index contributed by atoms with van der Waals surface area (Å²) in [5, 5.41) is 5.31. The normalized spacial score (nSPS) is 11.1. The van der Waals surface area contributed by atoms with E-state index in [2.05, 4.69) is 10.6 Å². The van der Waals surface area contributed by atoms with Gasteiger partial charge in [0.1, 0.15) is 18.6 Å². The zero-order chi connectivity index (χ0) is 17.7. The molecule has 0 unspecified atom stereocenters. The number of pyridine rings is 1. The number of aromatic nitrogens is 1. The SMILES string of the molecule is CNCS(=O)(=O)c1ccc(C(=O)Nc2ccc(C)cc2)c[n+]1OC. The van der Waals surface area contributed by atoms with Gasteiger partial charge in [0.25, 0.3) is 15.7 Å². The number of nitrogens with one attached hydrogen (secondary N) is 2. The van der Waals surface area contributed by atoms with E-state index in [1.54, 1.807) is 12.1 Å². The summed E-state index contributed by atoms with van der Waals surface area (Å²) in [7, 11) is -0.691. The van der Waals surface area contributed by atoms with Crippen LogP contribution in [0.4, 0.5) is 5.69 Å². The van der Waals surface area contributed by atoms with Gasteiger partial charge in [0.2, 0.25) is 6.20 Å². The molecule has 2 N–H and O–H groups in total. The van der Waals surface area contributed by atoms with Gasteiger partial charge in [-0.05, 0) is 32.2 Å². The van der Waals surface area contributed by atoms with Crippen molar-refractivity contribution in [2.75, 3.05) is 25.4 Å². The summed E-state index contributed by atoms with van der Waals surface area (Å²) in [6.07, 6.45) is 1.34. The molecule has 1 heterocycles. The molecule has 128 valence electrons. The average molecular weight is 350 g/mol. The molecule has 0 radical (unpaired) electrons. The molecule has 0 saturated carbocycles. The second-order valence-corrected chi connectivity index (χ2v) is 7.13. The maximum Gasteiger partial charge on any atom is 0.348 e. The first kappa shape index (κ1) is 17.9. The summed E-state index contributed by atoms with van der Waals surface area (Å²) in [5.74, 6) is -0.590. The van der Waals surface area contributed by atoms with Crippen molar-refractivity contribution in [3.8, 4) is 0 Å². The third-order valence-corrected chi connectivity index (χ3v) is 4.92. The number of hydrogen-bond acceptors (Lipinski definition) is 5. The molecule has 0 spiro atoms. The summed E-state index contributed by atoms with van der Waals surface area (Å²) in [6.45, 7) is 1.96. The molecule has 0 bridgehead atoms. The van der Waals surface area contributed by atoms with E-state index in [1.165, 1.54) is 32.5 Å². The Morgan fingerprint density at radius 1 is 1.17 bits per heavy atom. The van der Waals surface area contributed by atoms with E-state index in [9.17, 15) is 13.2 Å². The van der Waals surface area contributed by atoms with E-state index in [4.69, 9.17) is 4.84 Å². The number of amides is 1. The van der Waals surface area contributed by atoms with E-state index >= 15 is 0 Å². The van der Waals surface area contributed by atoms with Gasteiger partial charge in [-0.15, -0.1) is 0 Å². The van der Waals surface area contributed by atoms with Crippen LogP contribution in [0.25, 0.3) is 0 Å². The van der Waals surface area contributed by atoms with E-state index < -0.39 is 9.84 Å². The highest BCUT2D eigenvalue weighted by atomic mass is 32.2. The molecule has 1 aromatic carbocycles. The fraction of sp³-hybridized carbons (Fsp3) is 0.250. The van der Waals surface area contributed by atoms with Crippen LogP contribution in [0.5, 0.6) is 0 Å². The topological polar surface area (TPSA) is 88.4 Å². The number of carbonyl (C=O) groups is 1. The van der Waals surface area contributed by atoms with Gasteiger partial charge in [-0.3, -0.25) is 9.63 Å². The van der Waals surface area contributed by atoms with Gasteiger partial charge < -0.3 is 10.6 Å². The maximum absolute atomic E-state index is 12.3. The van der Waals surface area contributed by atoms with E-state index in [0.717, 1.165) is 10.3 Å². The number of benzene rings is 1. The molecule has 1 amide bonds. The molecular formula is C16H20N3O4S+. The molecule has 2 rings (SSSR count). The number of carbonyl (C=O) groups excluding carboxylic acids is 1. The number of rotatable bonds is 6. The number of hydrogen-bond donors (Lipinski definition) is 2. The second kappa shape index (κ2) is 7.41. The molecule has 8 heteroatoms. The van der Waals surface area contributed by atoms with Crippen molar-refractivity contribution >= 4 is 21.4 Å². The van der Waals surface area contributed by atoms with Crippen molar-refractivity contribution in [2.24, 2.45) is 0 Å². The third-order valence-electron chi connectivity index (χ3n) is 3.30. The first-order valence-electron chi connectivity index (χ1n) is 7.23. The zero-order valence-corrected chi connectivity index (χ0v) is 14.6. The van der Waals surface area contributed by atoms with E-state index in [-0.39, 0.29) is 22.4 Å². The lowest BCUT2D eigenvalue weighted by atomic mass is 10.2. The lowest BCUT2D eigenvalue weighted by Crippen LogP contribution is -2.47. The highest BCUT2D eigenvalue weighted by molar-refractivity contribution is 7.91. The summed E-state index contributed by atoms with van der Waals surface area (Å²) in [6, 6.07) is 10.2. The summed E-state index contributed by atoms with van der Waals surface area (Å²) in [4.78, 5) is 17.4. The Morgan fingerprint density at radius 2 is 1.83 bits per heavy atom. The van der Waals surface area contributed by atoms with Crippen LogP contribution in [0.2, 0.25) is 0 Å². The van der Waals surface area contributed by atoms with Crippen LogP contribution in [0.3, 0.4) is 0 Å². The second-order valence-electron chi connectivity index (χ2n) is 5.20. The summed E-state index contributed by atoms with van der Waals surface area (Å²) < 4.78 is 25.4. The van der Waals surface area contributed by atoms with Crippen LogP contribution >= 0.6 is 0 Å². The zero-order valence-electron chi connectivity index (χ0n) is 13.7. The molecule has 0 fully saturated rings. The fourth-order valence-electron chi connectivity index (χ4n) is 2.09. The Morgan fingerprint density at radius 3 is 2.42 bits per heavy atom. The van der Waals surface area contributed by atoms with Gasteiger partial charge in [0.15, 0.2) is 0 Å². The van der Waals surface area contributed by atoms with Gasteiger partial charge >= 0.3 is 5.03 Å². The van der Waals surface area contributed by atoms with Crippen molar-refractivity contribution < 1.29 is 22.8 Å². The molecule has 0 aliphatic rings. The van der Waals surface area contributed by atoms with Crippen molar-refractivity contribution in [2.45, 2.75) is 11.9 Å². The van der Waals surface area contributed by atoms with Crippen LogP contribution in [-0.4, -0.2) is 34.4 Å². The molecule has 0 atom stereocenters. The third kappa shape index (κ3) is 4.09. The van der Waals surface area contributed by atoms with Crippen LogP contribution in [0.15, 0.2) is 47.6 Å². The summed E-state index contributed by atoms with van der Waals surface area (Å²) in [5.41, 5.74) is 2.02. The molecule has 2 aromatic rings. The maximum atomic E-state index is 12.3. The number of anilines is 1. The Labute approximate surface area is 141 Å². The molecule has 0 aliphatic carbocycles. The lowest BCUT2D eigenvalue weighted by Gasteiger charge is -2.06. The summed E-state index contributed by atoms with van der Waals surface area (Å²) >= 11 is 0. The monoisotopic (exact) mass is 350 g/mol. The Kier molecular flexibility index (Phi) is 5.53. The Balaban J connectivity index is 2.28. The van der Waals surface area contributed by atoms with E-state index in [1.807, 2.05) is 19.1 Å². The van der Waals surface area contributed by atoms with Crippen molar-refractivity contribution in [3.05, 3.63) is 53.7 Å². The average Bonchev–Trinajstić information content (AvgIpc) is 2.56. The first-order chi connectivity index (χ1) is 11.4. The van der Waals surface area contributed by atoms with Crippen molar-refractivity contribution in [1.29, 1.82) is 0 Å². The highest BCUT2D eigenvalue weighted by Crippen LogP contribution is 2.11. The molecule has 0 aliphatic heterocycles. The minimum atomic E-state index is -3.56. The van der Waals surface area contributed by atoms with Gasteiger partial charge in [-0.25, -0.2) is 8.42 Å². The smallest absolute Gasteiger partial charge is 0.322 e. The van der Waals surface area contributed by atoms with E-state index in [0.29, 0.717) is 5.69 Å². The quantitative estimate of drug-likeness (QED) is 0.743. The largest absolute Gasteiger partial charge is 0.348 e. The fourth-order valence-corrected chi connectivity index (χ4v) is 3.29. The predicted molar refractivity (Wildman–Crippen MR) is 89.4 cm³/mol. The Bertz CT molecular complexity index is 833. The van der Waals surface area contributed by atoms with Crippen molar-refractivity contribution in [1.82, 2.24) is 5.32 Å². The first-order valence-corrected chi connectivity index (χ1v) is 8.88. The highest BCUT2D eigenvalue weighted by Gasteiger charge is 2.28. The van der Waals surface area contributed by atoms with Crippen LogP contribution < -0.4 is 20.2 Å². The van der Waals surface area contributed by atoms with Gasteiger partial charge in [0.05, 0.1) is 0 Å². The number of nitrogens with zero attached hydrogens (tertiary/aromatic N) is 1. The number of aryl methyl sites for hydroxylation is 1. The molecular weight excluding hydrogens is 330 g/mol. The predicted octanol–water partition coefficient (Wildman–Crippen LogP) is 0.544. The minimum absolute atomic E-state index is 0.0359. The van der Waals surface area contributed by atoms with Crippen LogP contribution in [0, 0.1) is 6.92 Å². The molecule has 24 heavy (non-hydrogen) atoms. The Hall–Kier alpha value is -2.45. The van der Waals surface area contributed by atoms with Crippen LogP contribution in [-0.2, 0) is 9.84 Å². The molecule has 7 nitrogen and oxygen atoms in total. The number of sulfone groups is 1. The lowest BCUT2D eigenvalue weighted by molar-refractivity contribution is -0.914. The van der Waals surface area contributed by atoms with Crippen LogP contribution in [0.1, 0.15) is 15.9 Å². The molecule has 1 aromatic heterocycles. The van der Waals surface area contributed by atoms with Crippen molar-refractivity contribution in [3.63, 3.8) is 0 Å². The minimum Gasteiger partial charge on any atom is -0.322 e. The molecule has 0 saturated heterocycles.